The molecule has 0 saturated carbocycles. The molecule has 0 saturated heterocycles. The number of hydrogen-bond acceptors (Lipinski definition) is 7. The number of methoxy groups -OCH3 is 2. The molecule has 2 aromatic carbocycles. The fourth-order valence-corrected chi connectivity index (χ4v) is 3.09. The molecule has 146 valence electrons. The van der Waals surface area contributed by atoms with Gasteiger partial charge in [-0.3, -0.25) is 4.79 Å². The molecule has 7 nitrogen and oxygen atoms in total. The summed E-state index contributed by atoms with van der Waals surface area (Å²) in [4.78, 5) is 12.1. The second-order valence-corrected chi connectivity index (χ2v) is 7.08. The van der Waals surface area contributed by atoms with E-state index in [-0.39, 0.29) is 11.7 Å². The van der Waals surface area contributed by atoms with Gasteiger partial charge in [-0.2, -0.15) is 0 Å². The largest absolute Gasteiger partial charge is 0.493 e. The van der Waals surface area contributed by atoms with Crippen molar-refractivity contribution in [2.24, 2.45) is 0 Å². The number of halogens is 1. The minimum atomic E-state index is -0.198. The first-order valence-corrected chi connectivity index (χ1v) is 9.61. The van der Waals surface area contributed by atoms with E-state index in [1.165, 1.54) is 0 Å². The van der Waals surface area contributed by atoms with Crippen LogP contribution in [0.15, 0.2) is 46.0 Å². The SMILES string of the molecule is COc1ccc(-c2nnc(SCC(=O)Nc3ccc(C)c(Cl)c3)o2)cc1OC. The molecule has 1 amide bonds. The van der Waals surface area contributed by atoms with Gasteiger partial charge in [0, 0.05) is 16.3 Å². The number of carbonyl (C=O) groups excluding carboxylic acids is 1. The molecule has 3 aromatic rings. The van der Waals surface area contributed by atoms with Crippen molar-refractivity contribution in [1.29, 1.82) is 0 Å². The van der Waals surface area contributed by atoms with E-state index in [1.807, 2.05) is 13.0 Å². The number of anilines is 1. The standard InChI is InChI=1S/C19H18ClN3O4S/c1-11-4-6-13(9-14(11)20)21-17(24)10-28-19-23-22-18(27-19)12-5-7-15(25-2)16(8-12)26-3/h4-9H,10H2,1-3H3,(H,21,24). The van der Waals surface area contributed by atoms with Gasteiger partial charge in [0.1, 0.15) is 0 Å². The predicted molar refractivity (Wildman–Crippen MR) is 108 cm³/mol. The monoisotopic (exact) mass is 419 g/mol. The third-order valence-electron chi connectivity index (χ3n) is 3.82. The van der Waals surface area contributed by atoms with Crippen LogP contribution in [0.25, 0.3) is 11.5 Å². The Balaban J connectivity index is 1.61. The highest BCUT2D eigenvalue weighted by molar-refractivity contribution is 7.99. The molecule has 3 rings (SSSR count). The highest BCUT2D eigenvalue weighted by atomic mass is 35.5. The number of aromatic nitrogens is 2. The summed E-state index contributed by atoms with van der Waals surface area (Å²) in [5, 5.41) is 11.7. The molecule has 0 bridgehead atoms. The van der Waals surface area contributed by atoms with Crippen molar-refractivity contribution in [3.63, 3.8) is 0 Å². The number of benzene rings is 2. The number of amides is 1. The van der Waals surface area contributed by atoms with Crippen LogP contribution in [0.2, 0.25) is 5.02 Å². The number of aryl methyl sites for hydroxylation is 1. The molecule has 0 atom stereocenters. The molecular weight excluding hydrogens is 402 g/mol. The number of thioether (sulfide) groups is 1. The average Bonchev–Trinajstić information content (AvgIpc) is 3.17. The first-order chi connectivity index (χ1) is 13.5. The Hall–Kier alpha value is -2.71. The Labute approximate surface area is 171 Å². The highest BCUT2D eigenvalue weighted by Crippen LogP contribution is 2.32. The summed E-state index contributed by atoms with van der Waals surface area (Å²) in [6.45, 7) is 1.90. The van der Waals surface area contributed by atoms with Crippen LogP contribution >= 0.6 is 23.4 Å². The maximum Gasteiger partial charge on any atom is 0.277 e. The average molecular weight is 420 g/mol. The Bertz CT molecular complexity index is 993. The van der Waals surface area contributed by atoms with E-state index in [4.69, 9.17) is 25.5 Å². The van der Waals surface area contributed by atoms with Crippen molar-refractivity contribution in [3.05, 3.63) is 47.0 Å². The highest BCUT2D eigenvalue weighted by Gasteiger charge is 2.14. The van der Waals surface area contributed by atoms with Gasteiger partial charge in [-0.1, -0.05) is 29.4 Å². The quantitative estimate of drug-likeness (QED) is 0.566. The van der Waals surface area contributed by atoms with Crippen LogP contribution in [0.3, 0.4) is 0 Å². The number of carbonyl (C=O) groups is 1. The fraction of sp³-hybridized carbons (Fsp3) is 0.211. The van der Waals surface area contributed by atoms with Gasteiger partial charge in [0.15, 0.2) is 11.5 Å². The van der Waals surface area contributed by atoms with E-state index in [1.54, 1.807) is 44.6 Å². The van der Waals surface area contributed by atoms with Crippen LogP contribution in [0.4, 0.5) is 5.69 Å². The van der Waals surface area contributed by atoms with E-state index in [9.17, 15) is 4.79 Å². The summed E-state index contributed by atoms with van der Waals surface area (Å²) in [7, 11) is 3.12. The molecule has 0 radical (unpaired) electrons. The van der Waals surface area contributed by atoms with Crippen molar-refractivity contribution in [1.82, 2.24) is 10.2 Å². The van der Waals surface area contributed by atoms with Crippen molar-refractivity contribution in [2.75, 3.05) is 25.3 Å². The van der Waals surface area contributed by atoms with Crippen molar-refractivity contribution >= 4 is 35.0 Å². The maximum atomic E-state index is 12.1. The third kappa shape index (κ3) is 4.76. The molecule has 28 heavy (non-hydrogen) atoms. The Morgan fingerprint density at radius 2 is 1.93 bits per heavy atom. The van der Waals surface area contributed by atoms with Crippen molar-refractivity contribution < 1.29 is 18.7 Å². The number of nitrogens with zero attached hydrogens (tertiary/aromatic N) is 2. The Morgan fingerprint density at radius 3 is 2.64 bits per heavy atom. The lowest BCUT2D eigenvalue weighted by molar-refractivity contribution is -0.113. The van der Waals surface area contributed by atoms with Crippen LogP contribution in [0, 0.1) is 6.92 Å². The van der Waals surface area contributed by atoms with Gasteiger partial charge in [-0.05, 0) is 42.8 Å². The van der Waals surface area contributed by atoms with Gasteiger partial charge in [-0.25, -0.2) is 0 Å². The van der Waals surface area contributed by atoms with Crippen LogP contribution < -0.4 is 14.8 Å². The molecule has 0 aliphatic heterocycles. The Kier molecular flexibility index (Phi) is 6.43. The first-order valence-electron chi connectivity index (χ1n) is 8.25. The number of hydrogen-bond donors (Lipinski definition) is 1. The van der Waals surface area contributed by atoms with Crippen molar-refractivity contribution in [2.45, 2.75) is 12.1 Å². The normalized spacial score (nSPS) is 10.6. The van der Waals surface area contributed by atoms with E-state index in [2.05, 4.69) is 15.5 Å². The molecule has 1 aromatic heterocycles. The molecule has 1 N–H and O–H groups in total. The zero-order chi connectivity index (χ0) is 20.1. The number of nitrogens with one attached hydrogen (secondary N) is 1. The summed E-state index contributed by atoms with van der Waals surface area (Å²) in [6.07, 6.45) is 0. The lowest BCUT2D eigenvalue weighted by atomic mass is 10.2. The first kappa shape index (κ1) is 20.0. The molecule has 0 aliphatic rings. The molecule has 9 heteroatoms. The summed E-state index contributed by atoms with van der Waals surface area (Å²) in [6, 6.07) is 10.6. The summed E-state index contributed by atoms with van der Waals surface area (Å²) in [5.74, 6) is 1.42. The lowest BCUT2D eigenvalue weighted by Gasteiger charge is -2.07. The number of rotatable bonds is 7. The minimum absolute atomic E-state index is 0.124. The van der Waals surface area contributed by atoms with Crippen LogP contribution in [-0.2, 0) is 4.79 Å². The smallest absolute Gasteiger partial charge is 0.277 e. The van der Waals surface area contributed by atoms with Gasteiger partial charge in [0.25, 0.3) is 5.22 Å². The van der Waals surface area contributed by atoms with Gasteiger partial charge in [0.2, 0.25) is 11.8 Å². The van der Waals surface area contributed by atoms with E-state index < -0.39 is 0 Å². The summed E-state index contributed by atoms with van der Waals surface area (Å²) >= 11 is 7.21. The maximum absolute atomic E-state index is 12.1. The lowest BCUT2D eigenvalue weighted by Crippen LogP contribution is -2.14. The van der Waals surface area contributed by atoms with Crippen LogP contribution in [0.1, 0.15) is 5.56 Å². The summed E-state index contributed by atoms with van der Waals surface area (Å²) in [5.41, 5.74) is 2.27. The Morgan fingerprint density at radius 1 is 1.14 bits per heavy atom. The van der Waals surface area contributed by atoms with Gasteiger partial charge in [-0.15, -0.1) is 10.2 Å². The summed E-state index contributed by atoms with van der Waals surface area (Å²) < 4.78 is 16.1. The van der Waals surface area contributed by atoms with E-state index >= 15 is 0 Å². The minimum Gasteiger partial charge on any atom is -0.493 e. The second-order valence-electron chi connectivity index (χ2n) is 5.74. The van der Waals surface area contributed by atoms with E-state index in [0.717, 1.165) is 17.3 Å². The number of ether oxygens (including phenoxy) is 2. The molecule has 0 fully saturated rings. The topological polar surface area (TPSA) is 86.5 Å². The zero-order valence-corrected chi connectivity index (χ0v) is 17.1. The second kappa shape index (κ2) is 8.99. The van der Waals surface area contributed by atoms with Crippen LogP contribution in [0.5, 0.6) is 11.5 Å². The van der Waals surface area contributed by atoms with Gasteiger partial charge < -0.3 is 19.2 Å². The fourth-order valence-electron chi connectivity index (χ4n) is 2.35. The molecule has 0 unspecified atom stereocenters. The molecule has 1 heterocycles. The van der Waals surface area contributed by atoms with Gasteiger partial charge in [0.05, 0.1) is 20.0 Å². The van der Waals surface area contributed by atoms with Crippen LogP contribution in [-0.4, -0.2) is 36.1 Å². The zero-order valence-electron chi connectivity index (χ0n) is 15.5. The van der Waals surface area contributed by atoms with Gasteiger partial charge >= 0.3 is 0 Å². The molecular formula is C19H18ClN3O4S. The van der Waals surface area contributed by atoms with E-state index in [0.29, 0.717) is 38.9 Å². The van der Waals surface area contributed by atoms with Crippen molar-refractivity contribution in [3.8, 4) is 23.0 Å². The third-order valence-corrected chi connectivity index (χ3v) is 5.04. The predicted octanol–water partition coefficient (Wildman–Crippen LogP) is 4.45. The molecule has 0 spiro atoms. The molecule has 0 aliphatic carbocycles.